The Morgan fingerprint density at radius 2 is 2.45 bits per heavy atom. The molecule has 1 heterocycles. The third-order valence-corrected chi connectivity index (χ3v) is 2.16. The van der Waals surface area contributed by atoms with Crippen molar-refractivity contribution in [1.82, 2.24) is 0 Å². The van der Waals surface area contributed by atoms with Gasteiger partial charge in [-0.1, -0.05) is 12.7 Å². The Balaban J connectivity index is 2.76. The van der Waals surface area contributed by atoms with E-state index in [4.69, 9.17) is 0 Å². The number of aliphatic imine (C=N–C) groups is 1. The molecule has 0 radical (unpaired) electrons. The molecule has 0 aromatic carbocycles. The van der Waals surface area contributed by atoms with Crippen molar-refractivity contribution in [3.63, 3.8) is 0 Å². The molecule has 0 aromatic heterocycles. The van der Waals surface area contributed by atoms with Crippen LogP contribution in [0.2, 0.25) is 0 Å². The first-order valence-electron chi connectivity index (χ1n) is 3.47. The average Bonchev–Trinajstić information content (AvgIpc) is 2.02. The van der Waals surface area contributed by atoms with Crippen molar-refractivity contribution in [2.45, 2.75) is 6.92 Å². The van der Waals surface area contributed by atoms with E-state index in [0.29, 0.717) is 0 Å². The van der Waals surface area contributed by atoms with Gasteiger partial charge in [0.2, 0.25) is 0 Å². The quantitative estimate of drug-likeness (QED) is 0.537. The van der Waals surface area contributed by atoms with Gasteiger partial charge in [-0.15, -0.1) is 11.8 Å². The third kappa shape index (κ3) is 3.23. The van der Waals surface area contributed by atoms with Gasteiger partial charge in [0.15, 0.2) is 0 Å². The van der Waals surface area contributed by atoms with E-state index in [2.05, 4.69) is 18.5 Å². The van der Waals surface area contributed by atoms with Crippen LogP contribution in [-0.2, 0) is 0 Å². The van der Waals surface area contributed by atoms with Crippen LogP contribution in [-0.4, -0.2) is 12.0 Å². The van der Waals surface area contributed by atoms with Crippen LogP contribution in [0.5, 0.6) is 0 Å². The van der Waals surface area contributed by atoms with E-state index in [0.717, 1.165) is 11.3 Å². The first-order chi connectivity index (χ1) is 5.29. The number of thioether (sulfide) groups is 1. The van der Waals surface area contributed by atoms with E-state index in [1.165, 1.54) is 4.91 Å². The molecule has 0 saturated heterocycles. The van der Waals surface area contributed by atoms with E-state index >= 15 is 0 Å². The largest absolute Gasteiger partial charge is 0.264 e. The van der Waals surface area contributed by atoms with Crippen molar-refractivity contribution in [1.29, 1.82) is 0 Å². The lowest BCUT2D eigenvalue weighted by Crippen LogP contribution is -1.76. The Morgan fingerprint density at radius 1 is 1.64 bits per heavy atom. The maximum atomic E-state index is 4.04. The minimum Gasteiger partial charge on any atom is -0.264 e. The van der Waals surface area contributed by atoms with Crippen LogP contribution < -0.4 is 0 Å². The zero-order chi connectivity index (χ0) is 8.10. The highest BCUT2D eigenvalue weighted by molar-refractivity contribution is 8.03. The van der Waals surface area contributed by atoms with Gasteiger partial charge in [-0.05, 0) is 23.5 Å². The van der Waals surface area contributed by atoms with Crippen molar-refractivity contribution in [2.24, 2.45) is 4.99 Å². The number of allylic oxidation sites excluding steroid dienone is 3. The van der Waals surface area contributed by atoms with Crippen LogP contribution in [0.25, 0.3) is 0 Å². The molecule has 1 rings (SSSR count). The van der Waals surface area contributed by atoms with Gasteiger partial charge in [-0.2, -0.15) is 0 Å². The standard InChI is InChI=1S/C9H11NS/c1-8-6-9(2)11-5-3-4-10-7-8/h3-4,6-7H,1,5H2,2H3/b4-3-,9-6?,10-7?. The maximum Gasteiger partial charge on any atom is 0.0334 e. The molecule has 0 amide bonds. The summed E-state index contributed by atoms with van der Waals surface area (Å²) < 4.78 is 0. The topological polar surface area (TPSA) is 12.4 Å². The van der Waals surface area contributed by atoms with Gasteiger partial charge in [0, 0.05) is 18.2 Å². The van der Waals surface area contributed by atoms with E-state index in [1.54, 1.807) is 18.0 Å². The molecule has 0 saturated carbocycles. The van der Waals surface area contributed by atoms with Crippen molar-refractivity contribution in [3.05, 3.63) is 35.4 Å². The van der Waals surface area contributed by atoms with Gasteiger partial charge < -0.3 is 0 Å². The molecule has 11 heavy (non-hydrogen) atoms. The smallest absolute Gasteiger partial charge is 0.0334 e. The Labute approximate surface area is 71.6 Å². The molecule has 0 aliphatic carbocycles. The lowest BCUT2D eigenvalue weighted by Gasteiger charge is -1.95. The molecule has 0 bridgehead atoms. The zero-order valence-corrected chi connectivity index (χ0v) is 7.40. The molecule has 0 spiro atoms. The highest BCUT2D eigenvalue weighted by Crippen LogP contribution is 2.16. The molecule has 0 N–H and O–H groups in total. The lowest BCUT2D eigenvalue weighted by molar-refractivity contribution is 1.55. The van der Waals surface area contributed by atoms with Crippen LogP contribution in [0.15, 0.2) is 40.4 Å². The van der Waals surface area contributed by atoms with Crippen LogP contribution >= 0.6 is 11.8 Å². The number of hydrogen-bond donors (Lipinski definition) is 0. The maximum absolute atomic E-state index is 4.04. The normalized spacial score (nSPS) is 21.5. The molecular weight excluding hydrogens is 154 g/mol. The summed E-state index contributed by atoms with van der Waals surface area (Å²) in [5, 5.41) is 0. The number of hydrogen-bond acceptors (Lipinski definition) is 2. The fourth-order valence-electron chi connectivity index (χ4n) is 0.762. The molecule has 0 atom stereocenters. The Kier molecular flexibility index (Phi) is 3.17. The summed E-state index contributed by atoms with van der Waals surface area (Å²) in [5.41, 5.74) is 0.960. The summed E-state index contributed by atoms with van der Waals surface area (Å²) in [6.07, 6.45) is 7.66. The minimum atomic E-state index is 0.960. The average molecular weight is 165 g/mol. The van der Waals surface area contributed by atoms with Gasteiger partial charge in [0.25, 0.3) is 0 Å². The molecular formula is C9H11NS. The molecule has 1 nitrogen and oxygen atoms in total. The fraction of sp³-hybridized carbons (Fsp3) is 0.222. The Morgan fingerprint density at radius 3 is 3.27 bits per heavy atom. The van der Waals surface area contributed by atoms with Gasteiger partial charge in [-0.3, -0.25) is 4.99 Å². The predicted octanol–water partition coefficient (Wildman–Crippen LogP) is 2.78. The first-order valence-corrected chi connectivity index (χ1v) is 4.46. The van der Waals surface area contributed by atoms with Crippen molar-refractivity contribution < 1.29 is 0 Å². The van der Waals surface area contributed by atoms with Crippen molar-refractivity contribution in [3.8, 4) is 0 Å². The second-order valence-corrected chi connectivity index (χ2v) is 3.57. The number of rotatable bonds is 0. The second-order valence-electron chi connectivity index (χ2n) is 2.30. The zero-order valence-electron chi connectivity index (χ0n) is 6.58. The Hall–Kier alpha value is -0.760. The monoisotopic (exact) mass is 165 g/mol. The van der Waals surface area contributed by atoms with Crippen LogP contribution in [0, 0.1) is 0 Å². The van der Waals surface area contributed by atoms with Gasteiger partial charge >= 0.3 is 0 Å². The molecule has 1 aliphatic heterocycles. The van der Waals surface area contributed by atoms with Crippen molar-refractivity contribution >= 4 is 18.0 Å². The van der Waals surface area contributed by atoms with Gasteiger partial charge in [0.05, 0.1) is 0 Å². The fourth-order valence-corrected chi connectivity index (χ4v) is 1.44. The molecule has 0 fully saturated rings. The van der Waals surface area contributed by atoms with Crippen LogP contribution in [0.1, 0.15) is 6.92 Å². The summed E-state index contributed by atoms with van der Waals surface area (Å²) >= 11 is 1.80. The summed E-state index contributed by atoms with van der Waals surface area (Å²) in [7, 11) is 0. The molecule has 58 valence electrons. The summed E-state index contributed by atoms with van der Waals surface area (Å²) in [4.78, 5) is 5.33. The van der Waals surface area contributed by atoms with Crippen molar-refractivity contribution in [2.75, 3.05) is 5.75 Å². The van der Waals surface area contributed by atoms with Gasteiger partial charge in [0.1, 0.15) is 0 Å². The van der Waals surface area contributed by atoms with Gasteiger partial charge in [-0.25, -0.2) is 0 Å². The minimum absolute atomic E-state index is 0.960. The predicted molar refractivity (Wildman–Crippen MR) is 53.0 cm³/mol. The first kappa shape index (κ1) is 8.34. The second kappa shape index (κ2) is 4.19. The Bertz CT molecular complexity index is 236. The molecule has 0 unspecified atom stereocenters. The van der Waals surface area contributed by atoms with Crippen LogP contribution in [0.3, 0.4) is 0 Å². The summed E-state index contributed by atoms with van der Waals surface area (Å²) in [5.74, 6) is 0.993. The molecule has 0 aromatic rings. The van der Waals surface area contributed by atoms with Crippen LogP contribution in [0.4, 0.5) is 0 Å². The third-order valence-electron chi connectivity index (χ3n) is 1.23. The summed E-state index contributed by atoms with van der Waals surface area (Å²) in [6.45, 7) is 5.92. The van der Waals surface area contributed by atoms with E-state index in [-0.39, 0.29) is 0 Å². The SMILES string of the molecule is C=C1C=N/C=C\CSC(C)=C1. The molecule has 2 heteroatoms. The van der Waals surface area contributed by atoms with E-state index < -0.39 is 0 Å². The molecule has 1 aliphatic rings. The number of nitrogens with zero attached hydrogens (tertiary/aromatic N) is 1. The highest BCUT2D eigenvalue weighted by atomic mass is 32.2. The summed E-state index contributed by atoms with van der Waals surface area (Å²) in [6, 6.07) is 0. The van der Waals surface area contributed by atoms with E-state index in [9.17, 15) is 0 Å². The van der Waals surface area contributed by atoms with E-state index in [1.807, 2.05) is 18.4 Å². The highest BCUT2D eigenvalue weighted by Gasteiger charge is 1.91. The lowest BCUT2D eigenvalue weighted by atomic mass is 10.3.